The number of nitrogens with zero attached hydrogens (tertiary/aromatic N) is 2. The van der Waals surface area contributed by atoms with Crippen molar-refractivity contribution in [3.05, 3.63) is 34.5 Å². The van der Waals surface area contributed by atoms with Crippen LogP contribution in [-0.2, 0) is 24.2 Å². The molecule has 0 saturated heterocycles. The number of carbonyl (C=O) groups is 1. The highest BCUT2D eigenvalue weighted by atomic mass is 35.5. The number of hydrogen-bond donors (Lipinski definition) is 1. The zero-order chi connectivity index (χ0) is 14.3. The summed E-state index contributed by atoms with van der Waals surface area (Å²) in [6, 6.07) is 5.71. The highest BCUT2D eigenvalue weighted by Crippen LogP contribution is 2.31. The first-order valence-corrected chi connectivity index (χ1v) is 7.14. The van der Waals surface area contributed by atoms with Crippen molar-refractivity contribution in [1.29, 1.82) is 0 Å². The molecule has 1 N–H and O–H groups in total. The molecule has 106 valence electrons. The molecule has 5 heteroatoms. The number of halogens is 1. The number of hydrogen-bond acceptors (Lipinski definition) is 2. The van der Waals surface area contributed by atoms with E-state index in [0.717, 1.165) is 42.5 Å². The maximum absolute atomic E-state index is 11.2. The number of fused-ring (bicyclic) bond motifs is 3. The quantitative estimate of drug-likeness (QED) is 0.924. The first-order valence-electron chi connectivity index (χ1n) is 6.76. The SMILES string of the molecule is CN1CCc2c(n(CC(=O)O)c3ccc(Cl)cc23)CC1. The molecule has 3 rings (SSSR count). The summed E-state index contributed by atoms with van der Waals surface area (Å²) in [6.07, 6.45) is 1.82. The van der Waals surface area contributed by atoms with Gasteiger partial charge in [-0.15, -0.1) is 0 Å². The average molecular weight is 293 g/mol. The standard InChI is InChI=1S/C15H17ClN2O2/c1-17-6-4-11-12-8-10(16)2-3-13(12)18(9-15(19)20)14(11)5-7-17/h2-3,8H,4-7,9H2,1H3,(H,19,20). The maximum atomic E-state index is 11.2. The van der Waals surface area contributed by atoms with Gasteiger partial charge in [-0.1, -0.05) is 11.6 Å². The molecule has 0 radical (unpaired) electrons. The zero-order valence-electron chi connectivity index (χ0n) is 11.4. The molecule has 4 nitrogen and oxygen atoms in total. The Morgan fingerprint density at radius 2 is 2.10 bits per heavy atom. The van der Waals surface area contributed by atoms with Crippen molar-refractivity contribution in [1.82, 2.24) is 9.47 Å². The molecule has 1 aliphatic rings. The van der Waals surface area contributed by atoms with Crippen molar-refractivity contribution in [2.24, 2.45) is 0 Å². The minimum atomic E-state index is -0.808. The largest absolute Gasteiger partial charge is 0.480 e. The Kier molecular flexibility index (Phi) is 3.44. The second-order valence-corrected chi connectivity index (χ2v) is 5.81. The van der Waals surface area contributed by atoms with Crippen LogP contribution in [0.2, 0.25) is 5.02 Å². The molecule has 1 aromatic carbocycles. The molecular formula is C15H17ClN2O2. The van der Waals surface area contributed by atoms with E-state index < -0.39 is 5.97 Å². The number of rotatable bonds is 2. The lowest BCUT2D eigenvalue weighted by molar-refractivity contribution is -0.137. The van der Waals surface area contributed by atoms with Crippen LogP contribution in [0.25, 0.3) is 10.9 Å². The number of aromatic nitrogens is 1. The molecule has 20 heavy (non-hydrogen) atoms. The fourth-order valence-electron chi connectivity index (χ4n) is 3.04. The topological polar surface area (TPSA) is 45.5 Å². The van der Waals surface area contributed by atoms with Gasteiger partial charge >= 0.3 is 5.97 Å². The zero-order valence-corrected chi connectivity index (χ0v) is 12.2. The fourth-order valence-corrected chi connectivity index (χ4v) is 3.21. The lowest BCUT2D eigenvalue weighted by atomic mass is 10.1. The Labute approximate surface area is 122 Å². The van der Waals surface area contributed by atoms with Gasteiger partial charge < -0.3 is 14.6 Å². The van der Waals surface area contributed by atoms with E-state index in [9.17, 15) is 4.79 Å². The van der Waals surface area contributed by atoms with Gasteiger partial charge in [0.25, 0.3) is 0 Å². The van der Waals surface area contributed by atoms with E-state index >= 15 is 0 Å². The van der Waals surface area contributed by atoms with E-state index in [1.165, 1.54) is 5.56 Å². The molecular weight excluding hydrogens is 276 g/mol. The van der Waals surface area contributed by atoms with Gasteiger partial charge in [0.05, 0.1) is 0 Å². The molecule has 0 amide bonds. The molecule has 0 atom stereocenters. The Bertz CT molecular complexity index is 678. The lowest BCUT2D eigenvalue weighted by Crippen LogP contribution is -2.21. The van der Waals surface area contributed by atoms with Crippen molar-refractivity contribution in [2.75, 3.05) is 20.1 Å². The van der Waals surface area contributed by atoms with Crippen LogP contribution in [0.5, 0.6) is 0 Å². The molecule has 1 aliphatic heterocycles. The number of carboxylic acids is 1. The van der Waals surface area contributed by atoms with Crippen molar-refractivity contribution in [3.63, 3.8) is 0 Å². The second-order valence-electron chi connectivity index (χ2n) is 5.37. The van der Waals surface area contributed by atoms with E-state index in [1.54, 1.807) is 0 Å². The van der Waals surface area contributed by atoms with E-state index in [0.29, 0.717) is 5.02 Å². The summed E-state index contributed by atoms with van der Waals surface area (Å²) in [6.45, 7) is 1.96. The molecule has 0 bridgehead atoms. The summed E-state index contributed by atoms with van der Waals surface area (Å²) in [5, 5.41) is 11.0. The van der Waals surface area contributed by atoms with Gasteiger partial charge in [-0.25, -0.2) is 0 Å². The Morgan fingerprint density at radius 3 is 2.85 bits per heavy atom. The smallest absolute Gasteiger partial charge is 0.323 e. The van der Waals surface area contributed by atoms with Crippen LogP contribution in [0.15, 0.2) is 18.2 Å². The van der Waals surface area contributed by atoms with E-state index in [4.69, 9.17) is 16.7 Å². The Morgan fingerprint density at radius 1 is 1.35 bits per heavy atom. The number of aliphatic carboxylic acids is 1. The molecule has 1 aromatic heterocycles. The maximum Gasteiger partial charge on any atom is 0.323 e. The molecule has 2 aromatic rings. The van der Waals surface area contributed by atoms with Gasteiger partial charge in [0, 0.05) is 41.1 Å². The number of carboxylic acid groups (broad SMARTS) is 1. The van der Waals surface area contributed by atoms with Gasteiger partial charge in [0.1, 0.15) is 6.54 Å². The minimum Gasteiger partial charge on any atom is -0.480 e. The third kappa shape index (κ3) is 2.30. The summed E-state index contributed by atoms with van der Waals surface area (Å²) in [5.41, 5.74) is 3.38. The van der Waals surface area contributed by atoms with Crippen LogP contribution in [0, 0.1) is 0 Å². The van der Waals surface area contributed by atoms with Crippen molar-refractivity contribution < 1.29 is 9.90 Å². The van der Waals surface area contributed by atoms with Crippen LogP contribution in [0.4, 0.5) is 0 Å². The first-order chi connectivity index (χ1) is 9.56. The van der Waals surface area contributed by atoms with E-state index in [2.05, 4.69) is 11.9 Å². The third-order valence-electron chi connectivity index (χ3n) is 4.02. The van der Waals surface area contributed by atoms with E-state index in [1.807, 2.05) is 22.8 Å². The third-order valence-corrected chi connectivity index (χ3v) is 4.25. The normalized spacial score (nSPS) is 16.1. The number of benzene rings is 1. The van der Waals surface area contributed by atoms with Crippen LogP contribution in [0.1, 0.15) is 11.3 Å². The van der Waals surface area contributed by atoms with Crippen molar-refractivity contribution in [2.45, 2.75) is 19.4 Å². The van der Waals surface area contributed by atoms with E-state index in [-0.39, 0.29) is 6.54 Å². The van der Waals surface area contributed by atoms with Gasteiger partial charge in [-0.05, 0) is 37.2 Å². The molecule has 0 saturated carbocycles. The average Bonchev–Trinajstić information content (AvgIpc) is 2.54. The van der Waals surface area contributed by atoms with Gasteiger partial charge in [-0.2, -0.15) is 0 Å². The summed E-state index contributed by atoms with van der Waals surface area (Å²) in [5.74, 6) is -0.808. The number of likely N-dealkylation sites (N-methyl/N-ethyl adjacent to an activating group) is 1. The van der Waals surface area contributed by atoms with Crippen molar-refractivity contribution in [3.8, 4) is 0 Å². The second kappa shape index (κ2) is 5.11. The van der Waals surface area contributed by atoms with Gasteiger partial charge in [0.2, 0.25) is 0 Å². The highest BCUT2D eigenvalue weighted by molar-refractivity contribution is 6.31. The summed E-state index contributed by atoms with van der Waals surface area (Å²) in [4.78, 5) is 13.4. The molecule has 0 aliphatic carbocycles. The summed E-state index contributed by atoms with van der Waals surface area (Å²) in [7, 11) is 2.10. The van der Waals surface area contributed by atoms with Gasteiger partial charge in [0.15, 0.2) is 0 Å². The summed E-state index contributed by atoms with van der Waals surface area (Å²) < 4.78 is 1.93. The molecule has 0 unspecified atom stereocenters. The summed E-state index contributed by atoms with van der Waals surface area (Å²) >= 11 is 6.11. The molecule has 0 spiro atoms. The Hall–Kier alpha value is -1.52. The van der Waals surface area contributed by atoms with Gasteiger partial charge in [-0.3, -0.25) is 4.79 Å². The van der Waals surface area contributed by atoms with Crippen LogP contribution in [0.3, 0.4) is 0 Å². The predicted octanol–water partition coefficient (Wildman–Crippen LogP) is 2.41. The van der Waals surface area contributed by atoms with Crippen molar-refractivity contribution >= 4 is 28.5 Å². The molecule has 0 fully saturated rings. The minimum absolute atomic E-state index is 0.0111. The van der Waals surface area contributed by atoms with Crippen LogP contribution in [-0.4, -0.2) is 40.7 Å². The fraction of sp³-hybridized carbons (Fsp3) is 0.400. The monoisotopic (exact) mass is 292 g/mol. The highest BCUT2D eigenvalue weighted by Gasteiger charge is 2.21. The van der Waals surface area contributed by atoms with Crippen LogP contribution < -0.4 is 0 Å². The predicted molar refractivity (Wildman–Crippen MR) is 79.5 cm³/mol. The first kappa shape index (κ1) is 13.5. The lowest BCUT2D eigenvalue weighted by Gasteiger charge is -2.13. The van der Waals surface area contributed by atoms with Crippen LogP contribution >= 0.6 is 11.6 Å². The molecule has 2 heterocycles. The Balaban J connectivity index is 2.22.